The standard InChI is InChI=1S/C16H28N2O2/c1-12-6-5-8-17(9-7-12)15(20)13-10-14(19)18(11-13)16(2,3)4/h12-13H,5-11H2,1-4H3. The van der Waals surface area contributed by atoms with Crippen LogP contribution in [0.5, 0.6) is 0 Å². The van der Waals surface area contributed by atoms with Crippen LogP contribution in [0.2, 0.25) is 0 Å². The van der Waals surface area contributed by atoms with Crippen LogP contribution in [0.1, 0.15) is 53.4 Å². The molecule has 2 fully saturated rings. The molecular formula is C16H28N2O2. The Bertz CT molecular complexity index is 386. The molecular weight excluding hydrogens is 252 g/mol. The van der Waals surface area contributed by atoms with Crippen LogP contribution in [-0.4, -0.2) is 46.8 Å². The summed E-state index contributed by atoms with van der Waals surface area (Å²) < 4.78 is 0. The highest BCUT2D eigenvalue weighted by Crippen LogP contribution is 2.28. The van der Waals surface area contributed by atoms with Crippen molar-refractivity contribution >= 4 is 11.8 Å². The van der Waals surface area contributed by atoms with Crippen molar-refractivity contribution in [3.8, 4) is 0 Å². The fourth-order valence-electron chi connectivity index (χ4n) is 3.26. The molecule has 0 spiro atoms. The van der Waals surface area contributed by atoms with Gasteiger partial charge in [-0.2, -0.15) is 0 Å². The zero-order valence-corrected chi connectivity index (χ0v) is 13.3. The predicted octanol–water partition coefficient (Wildman–Crippen LogP) is 2.28. The summed E-state index contributed by atoms with van der Waals surface area (Å²) in [6.07, 6.45) is 3.79. The van der Waals surface area contributed by atoms with Gasteiger partial charge in [-0.15, -0.1) is 0 Å². The lowest BCUT2D eigenvalue weighted by atomic mass is 10.0. The van der Waals surface area contributed by atoms with E-state index in [9.17, 15) is 9.59 Å². The third-order valence-corrected chi connectivity index (χ3v) is 4.61. The van der Waals surface area contributed by atoms with Crippen LogP contribution >= 0.6 is 0 Å². The average Bonchev–Trinajstić information content (AvgIpc) is 2.61. The molecule has 114 valence electrons. The minimum Gasteiger partial charge on any atom is -0.342 e. The number of amides is 2. The van der Waals surface area contributed by atoms with E-state index in [4.69, 9.17) is 0 Å². The molecule has 2 unspecified atom stereocenters. The van der Waals surface area contributed by atoms with Crippen molar-refractivity contribution in [2.24, 2.45) is 11.8 Å². The summed E-state index contributed by atoms with van der Waals surface area (Å²) in [6.45, 7) is 10.7. The maximum atomic E-state index is 12.6. The number of carbonyl (C=O) groups is 2. The van der Waals surface area contributed by atoms with E-state index in [1.54, 1.807) is 0 Å². The van der Waals surface area contributed by atoms with Crippen LogP contribution in [0.3, 0.4) is 0 Å². The third-order valence-electron chi connectivity index (χ3n) is 4.61. The summed E-state index contributed by atoms with van der Waals surface area (Å²) in [7, 11) is 0. The number of rotatable bonds is 1. The monoisotopic (exact) mass is 280 g/mol. The van der Waals surface area contributed by atoms with Gasteiger partial charge in [0.25, 0.3) is 0 Å². The topological polar surface area (TPSA) is 40.6 Å². The second-order valence-electron chi connectivity index (χ2n) is 7.44. The molecule has 4 nitrogen and oxygen atoms in total. The molecule has 0 aromatic heterocycles. The minimum absolute atomic E-state index is 0.124. The fourth-order valence-corrected chi connectivity index (χ4v) is 3.26. The summed E-state index contributed by atoms with van der Waals surface area (Å²) in [5, 5.41) is 0. The van der Waals surface area contributed by atoms with Gasteiger partial charge in [-0.3, -0.25) is 9.59 Å². The van der Waals surface area contributed by atoms with Crippen molar-refractivity contribution in [1.82, 2.24) is 9.80 Å². The van der Waals surface area contributed by atoms with E-state index in [2.05, 4.69) is 6.92 Å². The zero-order chi connectivity index (χ0) is 14.9. The van der Waals surface area contributed by atoms with Gasteiger partial charge in [0, 0.05) is 31.6 Å². The van der Waals surface area contributed by atoms with Crippen LogP contribution in [-0.2, 0) is 9.59 Å². The number of hydrogen-bond donors (Lipinski definition) is 0. The first-order chi connectivity index (χ1) is 9.29. The minimum atomic E-state index is -0.181. The molecule has 2 saturated heterocycles. The largest absolute Gasteiger partial charge is 0.342 e. The van der Waals surface area contributed by atoms with Gasteiger partial charge in [0.05, 0.1) is 5.92 Å². The molecule has 2 rings (SSSR count). The zero-order valence-electron chi connectivity index (χ0n) is 13.3. The SMILES string of the molecule is CC1CCCN(C(=O)C2CC(=O)N(C(C)(C)C)C2)CC1. The van der Waals surface area contributed by atoms with Crippen LogP contribution in [0.15, 0.2) is 0 Å². The van der Waals surface area contributed by atoms with E-state index < -0.39 is 0 Å². The maximum Gasteiger partial charge on any atom is 0.227 e. The Morgan fingerprint density at radius 3 is 2.50 bits per heavy atom. The first-order valence-corrected chi connectivity index (χ1v) is 7.88. The summed E-state index contributed by atoms with van der Waals surface area (Å²) >= 11 is 0. The van der Waals surface area contributed by atoms with E-state index in [0.29, 0.717) is 18.9 Å². The van der Waals surface area contributed by atoms with Gasteiger partial charge in [-0.05, 0) is 46.0 Å². The van der Waals surface area contributed by atoms with Gasteiger partial charge in [0.15, 0.2) is 0 Å². The Kier molecular flexibility index (Phi) is 4.40. The van der Waals surface area contributed by atoms with Crippen LogP contribution < -0.4 is 0 Å². The normalized spacial score (nSPS) is 28.7. The smallest absolute Gasteiger partial charge is 0.227 e. The molecule has 2 atom stereocenters. The summed E-state index contributed by atoms with van der Waals surface area (Å²) in [4.78, 5) is 28.6. The molecule has 20 heavy (non-hydrogen) atoms. The van der Waals surface area contributed by atoms with Crippen molar-refractivity contribution < 1.29 is 9.59 Å². The predicted molar refractivity (Wildman–Crippen MR) is 79.2 cm³/mol. The maximum absolute atomic E-state index is 12.6. The Hall–Kier alpha value is -1.06. The van der Waals surface area contributed by atoms with E-state index >= 15 is 0 Å². The Morgan fingerprint density at radius 2 is 1.90 bits per heavy atom. The lowest BCUT2D eigenvalue weighted by Crippen LogP contribution is -2.43. The second-order valence-corrected chi connectivity index (χ2v) is 7.44. The number of nitrogens with zero attached hydrogens (tertiary/aromatic N) is 2. The molecule has 0 aromatic carbocycles. The van der Waals surface area contributed by atoms with Gasteiger partial charge in [0.1, 0.15) is 0 Å². The summed E-state index contributed by atoms with van der Waals surface area (Å²) in [5.74, 6) is 0.900. The van der Waals surface area contributed by atoms with Gasteiger partial charge >= 0.3 is 0 Å². The number of likely N-dealkylation sites (tertiary alicyclic amines) is 2. The van der Waals surface area contributed by atoms with Gasteiger partial charge in [-0.1, -0.05) is 6.92 Å². The highest BCUT2D eigenvalue weighted by atomic mass is 16.2. The highest BCUT2D eigenvalue weighted by molar-refractivity contribution is 5.89. The lowest BCUT2D eigenvalue weighted by molar-refractivity contribution is -0.135. The van der Waals surface area contributed by atoms with Crippen molar-refractivity contribution in [2.75, 3.05) is 19.6 Å². The van der Waals surface area contributed by atoms with Gasteiger partial charge in [-0.25, -0.2) is 0 Å². The van der Waals surface area contributed by atoms with E-state index in [0.717, 1.165) is 25.9 Å². The van der Waals surface area contributed by atoms with Crippen LogP contribution in [0.25, 0.3) is 0 Å². The lowest BCUT2D eigenvalue weighted by Gasteiger charge is -2.32. The molecule has 0 saturated carbocycles. The molecule has 2 amide bonds. The summed E-state index contributed by atoms with van der Waals surface area (Å²) in [5.41, 5.74) is -0.181. The fraction of sp³-hybridized carbons (Fsp3) is 0.875. The molecule has 0 bridgehead atoms. The number of hydrogen-bond acceptors (Lipinski definition) is 2. The molecule has 0 N–H and O–H groups in total. The third kappa shape index (κ3) is 3.33. The number of carbonyl (C=O) groups excluding carboxylic acids is 2. The Labute approximate surface area is 122 Å². The molecule has 0 radical (unpaired) electrons. The molecule has 0 aliphatic carbocycles. The van der Waals surface area contributed by atoms with Gasteiger partial charge in [0.2, 0.25) is 11.8 Å². The van der Waals surface area contributed by atoms with Crippen molar-refractivity contribution in [3.63, 3.8) is 0 Å². The Balaban J connectivity index is 1.98. The van der Waals surface area contributed by atoms with E-state index in [-0.39, 0.29) is 23.3 Å². The first-order valence-electron chi connectivity index (χ1n) is 7.88. The van der Waals surface area contributed by atoms with Crippen molar-refractivity contribution in [2.45, 2.75) is 58.9 Å². The summed E-state index contributed by atoms with van der Waals surface area (Å²) in [6, 6.07) is 0. The van der Waals surface area contributed by atoms with E-state index in [1.807, 2.05) is 30.6 Å². The average molecular weight is 280 g/mol. The Morgan fingerprint density at radius 1 is 1.20 bits per heavy atom. The quantitative estimate of drug-likeness (QED) is 0.739. The molecule has 2 aliphatic rings. The van der Waals surface area contributed by atoms with Gasteiger partial charge < -0.3 is 9.80 Å². The van der Waals surface area contributed by atoms with Crippen molar-refractivity contribution in [3.05, 3.63) is 0 Å². The molecule has 0 aromatic rings. The first kappa shape index (κ1) is 15.3. The van der Waals surface area contributed by atoms with Crippen molar-refractivity contribution in [1.29, 1.82) is 0 Å². The molecule has 4 heteroatoms. The van der Waals surface area contributed by atoms with Crippen LogP contribution in [0.4, 0.5) is 0 Å². The van der Waals surface area contributed by atoms with Crippen LogP contribution in [0, 0.1) is 11.8 Å². The molecule has 2 aliphatic heterocycles. The van der Waals surface area contributed by atoms with E-state index in [1.165, 1.54) is 6.42 Å². The second kappa shape index (κ2) is 5.74. The highest BCUT2D eigenvalue weighted by Gasteiger charge is 2.40. The molecule has 2 heterocycles.